The number of halogens is 1. The van der Waals surface area contributed by atoms with Crippen molar-refractivity contribution in [1.29, 1.82) is 0 Å². The van der Waals surface area contributed by atoms with Gasteiger partial charge < -0.3 is 5.73 Å². The summed E-state index contributed by atoms with van der Waals surface area (Å²) >= 11 is 1.31. The molecule has 2 N–H and O–H groups in total. The number of amides is 1. The number of nitrogens with zero attached hydrogens (tertiary/aromatic N) is 3. The first kappa shape index (κ1) is 14.5. The van der Waals surface area contributed by atoms with E-state index in [1.807, 2.05) is 28.8 Å². The van der Waals surface area contributed by atoms with Gasteiger partial charge in [0, 0.05) is 11.8 Å². The van der Waals surface area contributed by atoms with E-state index in [1.165, 1.54) is 23.6 Å². The molecule has 0 saturated carbocycles. The smallest absolute Gasteiger partial charge is 0.258 e. The summed E-state index contributed by atoms with van der Waals surface area (Å²) in [5.74, 6) is -0.950. The molecule has 4 aromatic rings. The van der Waals surface area contributed by atoms with Crippen LogP contribution in [0.25, 0.3) is 27.2 Å². The second-order valence-electron chi connectivity index (χ2n) is 5.19. The van der Waals surface area contributed by atoms with E-state index in [0.717, 1.165) is 27.2 Å². The Kier molecular flexibility index (Phi) is 3.35. The van der Waals surface area contributed by atoms with E-state index in [9.17, 15) is 9.18 Å². The molecular weight excluding hydrogens is 327 g/mol. The molecule has 0 atom stereocenters. The quantitative estimate of drug-likeness (QED) is 0.582. The molecule has 24 heavy (non-hydrogen) atoms. The SMILES string of the molecule is NC(=O)c1ccc(-n2cnc3cc(-c4ccc(F)nc4)ccc32)s1. The Labute approximate surface area is 140 Å². The van der Waals surface area contributed by atoms with Crippen molar-refractivity contribution in [3.8, 4) is 16.1 Å². The van der Waals surface area contributed by atoms with Gasteiger partial charge in [0.1, 0.15) is 11.3 Å². The van der Waals surface area contributed by atoms with E-state index in [4.69, 9.17) is 5.73 Å². The molecule has 3 aromatic heterocycles. The highest BCUT2D eigenvalue weighted by Gasteiger charge is 2.11. The number of nitrogens with two attached hydrogens (primary N) is 1. The molecule has 1 aromatic carbocycles. The van der Waals surface area contributed by atoms with E-state index < -0.39 is 11.9 Å². The van der Waals surface area contributed by atoms with Gasteiger partial charge in [0.05, 0.1) is 15.9 Å². The summed E-state index contributed by atoms with van der Waals surface area (Å²) in [5.41, 5.74) is 8.73. The van der Waals surface area contributed by atoms with E-state index in [-0.39, 0.29) is 0 Å². The molecule has 0 aliphatic heterocycles. The molecule has 0 aliphatic carbocycles. The lowest BCUT2D eigenvalue weighted by molar-refractivity contribution is 0.100. The Morgan fingerprint density at radius 2 is 1.92 bits per heavy atom. The minimum Gasteiger partial charge on any atom is -0.365 e. The van der Waals surface area contributed by atoms with Gasteiger partial charge in [0.2, 0.25) is 5.95 Å². The van der Waals surface area contributed by atoms with Crippen LogP contribution >= 0.6 is 11.3 Å². The van der Waals surface area contributed by atoms with E-state index in [1.54, 1.807) is 18.5 Å². The zero-order valence-electron chi connectivity index (χ0n) is 12.3. The van der Waals surface area contributed by atoms with Gasteiger partial charge in [-0.1, -0.05) is 6.07 Å². The van der Waals surface area contributed by atoms with Crippen LogP contribution in [0.1, 0.15) is 9.67 Å². The summed E-state index contributed by atoms with van der Waals surface area (Å²) in [6.07, 6.45) is 3.19. The van der Waals surface area contributed by atoms with Crippen molar-refractivity contribution >= 4 is 28.3 Å². The maximum absolute atomic E-state index is 12.9. The molecule has 7 heteroatoms. The first-order valence-electron chi connectivity index (χ1n) is 7.11. The summed E-state index contributed by atoms with van der Waals surface area (Å²) in [4.78, 5) is 19.8. The number of thiophene rings is 1. The van der Waals surface area contributed by atoms with Crippen molar-refractivity contribution in [3.05, 3.63) is 65.8 Å². The van der Waals surface area contributed by atoms with E-state index in [0.29, 0.717) is 4.88 Å². The molecule has 3 heterocycles. The van der Waals surface area contributed by atoms with Crippen molar-refractivity contribution in [2.45, 2.75) is 0 Å². The molecule has 0 bridgehead atoms. The largest absolute Gasteiger partial charge is 0.365 e. The lowest BCUT2D eigenvalue weighted by Gasteiger charge is -2.03. The molecule has 0 unspecified atom stereocenters. The summed E-state index contributed by atoms with van der Waals surface area (Å²) < 4.78 is 14.8. The summed E-state index contributed by atoms with van der Waals surface area (Å²) in [6.45, 7) is 0. The Balaban J connectivity index is 1.77. The summed E-state index contributed by atoms with van der Waals surface area (Å²) in [7, 11) is 0. The summed E-state index contributed by atoms with van der Waals surface area (Å²) in [5, 5.41) is 0.863. The number of pyridine rings is 1. The molecule has 1 amide bonds. The molecule has 0 spiro atoms. The van der Waals surface area contributed by atoms with Crippen molar-refractivity contribution < 1.29 is 9.18 Å². The van der Waals surface area contributed by atoms with Crippen LogP contribution in [0.5, 0.6) is 0 Å². The zero-order valence-corrected chi connectivity index (χ0v) is 13.1. The second-order valence-corrected chi connectivity index (χ2v) is 6.25. The lowest BCUT2D eigenvalue weighted by Crippen LogP contribution is -2.08. The highest BCUT2D eigenvalue weighted by atomic mass is 32.1. The van der Waals surface area contributed by atoms with E-state index in [2.05, 4.69) is 9.97 Å². The van der Waals surface area contributed by atoms with Gasteiger partial charge in [0.15, 0.2) is 0 Å². The minimum atomic E-state index is -0.507. The van der Waals surface area contributed by atoms with Crippen LogP contribution in [-0.2, 0) is 0 Å². The van der Waals surface area contributed by atoms with Crippen molar-refractivity contribution in [3.63, 3.8) is 0 Å². The monoisotopic (exact) mass is 338 g/mol. The zero-order chi connectivity index (χ0) is 16.7. The first-order chi connectivity index (χ1) is 11.6. The predicted molar refractivity (Wildman–Crippen MR) is 90.7 cm³/mol. The fourth-order valence-electron chi connectivity index (χ4n) is 2.50. The maximum atomic E-state index is 12.9. The Hall–Kier alpha value is -3.06. The Morgan fingerprint density at radius 3 is 2.62 bits per heavy atom. The highest BCUT2D eigenvalue weighted by molar-refractivity contribution is 7.16. The van der Waals surface area contributed by atoms with Gasteiger partial charge in [-0.2, -0.15) is 4.39 Å². The van der Waals surface area contributed by atoms with Gasteiger partial charge in [-0.05, 0) is 42.0 Å². The van der Waals surface area contributed by atoms with E-state index >= 15 is 0 Å². The molecule has 0 fully saturated rings. The van der Waals surface area contributed by atoms with Crippen LogP contribution in [0, 0.1) is 5.95 Å². The fourth-order valence-corrected chi connectivity index (χ4v) is 3.35. The molecule has 0 aliphatic rings. The minimum absolute atomic E-state index is 0.443. The second kappa shape index (κ2) is 5.54. The predicted octanol–water partition coefficient (Wildman–Crippen LogP) is 3.39. The van der Waals surface area contributed by atoms with Gasteiger partial charge in [-0.15, -0.1) is 11.3 Å². The van der Waals surface area contributed by atoms with Crippen LogP contribution in [0.3, 0.4) is 0 Å². The molecular formula is C17H11FN4OS. The number of primary amides is 1. The number of carbonyl (C=O) groups is 1. The van der Waals surface area contributed by atoms with Gasteiger partial charge in [0.25, 0.3) is 5.91 Å². The number of aromatic nitrogens is 3. The molecule has 118 valence electrons. The van der Waals surface area contributed by atoms with Crippen molar-refractivity contribution in [1.82, 2.24) is 14.5 Å². The highest BCUT2D eigenvalue weighted by Crippen LogP contribution is 2.28. The topological polar surface area (TPSA) is 73.8 Å². The number of benzene rings is 1. The summed E-state index contributed by atoms with van der Waals surface area (Å²) in [6, 6.07) is 12.3. The number of fused-ring (bicyclic) bond motifs is 1. The van der Waals surface area contributed by atoms with Crippen LogP contribution in [-0.4, -0.2) is 20.4 Å². The number of imidazole rings is 1. The molecule has 4 rings (SSSR count). The Morgan fingerprint density at radius 1 is 1.08 bits per heavy atom. The molecule has 0 radical (unpaired) electrons. The standard InChI is InChI=1S/C17H11FN4OS/c18-15-5-2-11(8-20-15)10-1-3-13-12(7-10)21-9-22(13)16-6-4-14(24-16)17(19)23/h1-9H,(H2,19,23). The van der Waals surface area contributed by atoms with Crippen molar-refractivity contribution in [2.24, 2.45) is 5.73 Å². The first-order valence-corrected chi connectivity index (χ1v) is 7.92. The average Bonchev–Trinajstić information content (AvgIpc) is 3.21. The van der Waals surface area contributed by atoms with Gasteiger partial charge in [-0.3, -0.25) is 9.36 Å². The fraction of sp³-hybridized carbons (Fsp3) is 0. The maximum Gasteiger partial charge on any atom is 0.258 e. The van der Waals surface area contributed by atoms with Crippen molar-refractivity contribution in [2.75, 3.05) is 0 Å². The molecule has 0 saturated heterocycles. The van der Waals surface area contributed by atoms with Crippen LogP contribution in [0.15, 0.2) is 55.0 Å². The number of hydrogen-bond donors (Lipinski definition) is 1. The lowest BCUT2D eigenvalue weighted by atomic mass is 10.1. The van der Waals surface area contributed by atoms with Crippen LogP contribution < -0.4 is 5.73 Å². The normalized spacial score (nSPS) is 11.0. The van der Waals surface area contributed by atoms with Gasteiger partial charge in [-0.25, -0.2) is 9.97 Å². The number of carbonyl (C=O) groups excluding carboxylic acids is 1. The van der Waals surface area contributed by atoms with Gasteiger partial charge >= 0.3 is 0 Å². The third-order valence-corrected chi connectivity index (χ3v) is 4.78. The Bertz CT molecular complexity index is 1050. The average molecular weight is 338 g/mol. The third kappa shape index (κ3) is 2.44. The molecule has 5 nitrogen and oxygen atoms in total. The van der Waals surface area contributed by atoms with Crippen LogP contribution in [0.2, 0.25) is 0 Å². The number of rotatable bonds is 3. The van der Waals surface area contributed by atoms with Crippen LogP contribution in [0.4, 0.5) is 4.39 Å². The third-order valence-electron chi connectivity index (χ3n) is 3.68. The number of hydrogen-bond acceptors (Lipinski definition) is 4.